The number of aromatic nitrogens is 2. The van der Waals surface area contributed by atoms with E-state index in [1.807, 2.05) is 39.8 Å². The average Bonchev–Trinajstić information content (AvgIpc) is 3.46. The summed E-state index contributed by atoms with van der Waals surface area (Å²) in [5, 5.41) is 17.7. The molecule has 5 heterocycles. The standard InChI is InChI=1S/C42H46ClN9O6/c1-41(2)39(42(3,4)40(41)58-27-7-5-24(23-44)30(43)22-27)52-34(53)12-10-32(38(52)57)51-36(55)28-8-6-26(21-29(28)37(51)56)49-19-17-48(18-20-49)25-13-15-50(16-14-25)33-11-9-31(35(45)54)46-47-33/h5-9,11,21-22,25,32,39-40H,10,12-20H2,1-4H3,(H2,45,54). The Morgan fingerprint density at radius 1 is 0.828 bits per heavy atom. The highest BCUT2D eigenvalue weighted by Crippen LogP contribution is 2.58. The lowest BCUT2D eigenvalue weighted by atomic mass is 9.48. The maximum Gasteiger partial charge on any atom is 0.269 e. The number of rotatable bonds is 8. The van der Waals surface area contributed by atoms with Gasteiger partial charge in [0.15, 0.2) is 11.5 Å². The maximum atomic E-state index is 14.4. The molecule has 16 heteroatoms. The molecule has 3 aromatic rings. The highest BCUT2D eigenvalue weighted by atomic mass is 35.5. The predicted molar refractivity (Wildman–Crippen MR) is 213 cm³/mol. The van der Waals surface area contributed by atoms with Crippen molar-refractivity contribution >= 4 is 52.6 Å². The van der Waals surface area contributed by atoms with Crippen LogP contribution >= 0.6 is 11.6 Å². The van der Waals surface area contributed by atoms with Crippen molar-refractivity contribution in [3.63, 3.8) is 0 Å². The van der Waals surface area contributed by atoms with Gasteiger partial charge in [0.2, 0.25) is 5.91 Å². The number of nitrogens with two attached hydrogens (primary N) is 1. The van der Waals surface area contributed by atoms with Gasteiger partial charge in [-0.15, -0.1) is 10.2 Å². The van der Waals surface area contributed by atoms with E-state index in [-0.39, 0.29) is 40.6 Å². The number of benzene rings is 2. The van der Waals surface area contributed by atoms with E-state index in [4.69, 9.17) is 22.1 Å². The topological polar surface area (TPSA) is 186 Å². The van der Waals surface area contributed by atoms with E-state index in [2.05, 4.69) is 24.9 Å². The van der Waals surface area contributed by atoms with E-state index in [0.29, 0.717) is 17.4 Å². The van der Waals surface area contributed by atoms with E-state index in [1.54, 1.807) is 42.5 Å². The molecular weight excluding hydrogens is 762 g/mol. The first-order valence-electron chi connectivity index (χ1n) is 19.7. The lowest BCUT2D eigenvalue weighted by Crippen LogP contribution is -2.77. The molecule has 58 heavy (non-hydrogen) atoms. The third-order valence-electron chi connectivity index (χ3n) is 12.9. The highest BCUT2D eigenvalue weighted by Gasteiger charge is 2.68. The third-order valence-corrected chi connectivity index (χ3v) is 13.2. The second-order valence-electron chi connectivity index (χ2n) is 17.0. The molecule has 5 aliphatic rings. The predicted octanol–water partition coefficient (Wildman–Crippen LogP) is 3.89. The summed E-state index contributed by atoms with van der Waals surface area (Å²) in [6, 6.07) is 14.3. The fourth-order valence-electron chi connectivity index (χ4n) is 10.3. The second-order valence-corrected chi connectivity index (χ2v) is 17.5. The molecule has 8 rings (SSSR count). The van der Waals surface area contributed by atoms with Gasteiger partial charge < -0.3 is 20.3 Å². The molecule has 0 bridgehead atoms. The molecule has 1 atom stereocenters. The quantitative estimate of drug-likeness (QED) is 0.325. The molecule has 5 amide bonds. The zero-order chi connectivity index (χ0) is 41.3. The van der Waals surface area contributed by atoms with E-state index < -0.39 is 52.6 Å². The van der Waals surface area contributed by atoms with Crippen LogP contribution in [0.5, 0.6) is 5.75 Å². The first kappa shape index (κ1) is 39.2. The number of nitriles is 1. The van der Waals surface area contributed by atoms with Crippen LogP contribution in [0.1, 0.15) is 90.1 Å². The zero-order valence-electron chi connectivity index (χ0n) is 33.0. The van der Waals surface area contributed by atoms with Gasteiger partial charge >= 0.3 is 0 Å². The number of piperazine rings is 1. The molecule has 0 radical (unpaired) electrons. The van der Waals surface area contributed by atoms with E-state index >= 15 is 0 Å². The average molecular weight is 808 g/mol. The molecule has 4 aliphatic heterocycles. The van der Waals surface area contributed by atoms with E-state index in [9.17, 15) is 29.2 Å². The summed E-state index contributed by atoms with van der Waals surface area (Å²) >= 11 is 6.27. The van der Waals surface area contributed by atoms with Crippen molar-refractivity contribution < 1.29 is 28.7 Å². The maximum absolute atomic E-state index is 14.4. The van der Waals surface area contributed by atoms with Crippen molar-refractivity contribution in [3.05, 3.63) is 75.9 Å². The number of amides is 5. The number of fused-ring (bicyclic) bond motifs is 1. The number of carbonyl (C=O) groups excluding carboxylic acids is 5. The van der Waals surface area contributed by atoms with Crippen LogP contribution in [0.2, 0.25) is 5.02 Å². The van der Waals surface area contributed by atoms with Crippen LogP contribution in [0.3, 0.4) is 0 Å². The van der Waals surface area contributed by atoms with Gasteiger partial charge in [0.25, 0.3) is 23.6 Å². The van der Waals surface area contributed by atoms with E-state index in [1.165, 1.54) is 4.90 Å². The van der Waals surface area contributed by atoms with Gasteiger partial charge in [0.05, 0.1) is 27.8 Å². The summed E-state index contributed by atoms with van der Waals surface area (Å²) in [4.78, 5) is 76.5. The smallest absolute Gasteiger partial charge is 0.269 e. The number of carbonyl (C=O) groups is 5. The first-order valence-corrected chi connectivity index (χ1v) is 20.1. The Hall–Kier alpha value is -5.59. The van der Waals surface area contributed by atoms with Gasteiger partial charge in [0.1, 0.15) is 24.0 Å². The normalized spacial score (nSPS) is 24.7. The first-order chi connectivity index (χ1) is 27.6. The van der Waals surface area contributed by atoms with Crippen LogP contribution < -0.4 is 20.3 Å². The van der Waals surface area contributed by atoms with Crippen LogP contribution in [0.15, 0.2) is 48.5 Å². The van der Waals surface area contributed by atoms with Crippen molar-refractivity contribution in [1.29, 1.82) is 5.26 Å². The minimum Gasteiger partial charge on any atom is -0.489 e. The number of piperidine rings is 2. The zero-order valence-corrected chi connectivity index (χ0v) is 33.7. The minimum absolute atomic E-state index is 0.00985. The molecule has 302 valence electrons. The molecule has 1 aliphatic carbocycles. The molecule has 15 nitrogen and oxygen atoms in total. The Morgan fingerprint density at radius 3 is 2.14 bits per heavy atom. The van der Waals surface area contributed by atoms with E-state index in [0.717, 1.165) is 68.5 Å². The van der Waals surface area contributed by atoms with Crippen molar-refractivity contribution in [2.45, 2.75) is 77.6 Å². The summed E-state index contributed by atoms with van der Waals surface area (Å²) in [5.41, 5.74) is 5.72. The monoisotopic (exact) mass is 807 g/mol. The lowest BCUT2D eigenvalue weighted by molar-refractivity contribution is -0.216. The van der Waals surface area contributed by atoms with Gasteiger partial charge in [-0.3, -0.25) is 38.7 Å². The van der Waals surface area contributed by atoms with Crippen LogP contribution in [-0.2, 0) is 9.59 Å². The molecule has 1 aromatic heterocycles. The number of likely N-dealkylation sites (tertiary alicyclic amines) is 1. The lowest BCUT2D eigenvalue weighted by Gasteiger charge is -2.65. The SMILES string of the molecule is CC1(C)C(Oc2ccc(C#N)c(Cl)c2)C(C)(C)C1N1C(=O)CCC(N2C(=O)c3ccc(N4CCN(C5CCN(c6ccc(C(N)=O)nn6)CC5)CC4)cc3C2=O)C1=O. The Bertz CT molecular complexity index is 2230. The summed E-state index contributed by atoms with van der Waals surface area (Å²) in [6.45, 7) is 12.6. The molecule has 2 aromatic carbocycles. The summed E-state index contributed by atoms with van der Waals surface area (Å²) in [5.74, 6) is -1.37. The number of nitrogens with zero attached hydrogens (tertiary/aromatic N) is 8. The summed E-state index contributed by atoms with van der Waals surface area (Å²) < 4.78 is 6.40. The third kappa shape index (κ3) is 6.52. The number of anilines is 2. The minimum atomic E-state index is -1.12. The van der Waals surface area contributed by atoms with Crippen LogP contribution in [0.25, 0.3) is 0 Å². The van der Waals surface area contributed by atoms with Gasteiger partial charge in [-0.05, 0) is 61.7 Å². The van der Waals surface area contributed by atoms with Crippen LogP contribution in [0, 0.1) is 22.2 Å². The number of halogens is 1. The van der Waals surface area contributed by atoms with Crippen molar-refractivity contribution in [2.24, 2.45) is 16.6 Å². The summed E-state index contributed by atoms with van der Waals surface area (Å²) in [7, 11) is 0. The van der Waals surface area contributed by atoms with Gasteiger partial charge in [-0.2, -0.15) is 5.26 Å². The van der Waals surface area contributed by atoms with Crippen LogP contribution in [0.4, 0.5) is 11.5 Å². The molecular formula is C42H46ClN9O6. The van der Waals surface area contributed by atoms with Crippen molar-refractivity contribution in [3.8, 4) is 11.8 Å². The fraction of sp³-hybridized carbons (Fsp3) is 0.476. The molecule has 2 N–H and O–H groups in total. The van der Waals surface area contributed by atoms with Gasteiger partial charge in [-0.25, -0.2) is 0 Å². The van der Waals surface area contributed by atoms with Crippen molar-refractivity contribution in [1.82, 2.24) is 24.9 Å². The van der Waals surface area contributed by atoms with Crippen molar-refractivity contribution in [2.75, 3.05) is 49.1 Å². The fourth-order valence-corrected chi connectivity index (χ4v) is 10.5. The molecule has 1 saturated carbocycles. The molecule has 1 unspecified atom stereocenters. The Balaban J connectivity index is 0.907. The Morgan fingerprint density at radius 2 is 1.52 bits per heavy atom. The number of hydrogen-bond acceptors (Lipinski definition) is 12. The van der Waals surface area contributed by atoms with Gasteiger partial charge in [-0.1, -0.05) is 39.3 Å². The molecule has 0 spiro atoms. The number of hydrogen-bond donors (Lipinski definition) is 1. The Labute approximate surface area is 341 Å². The largest absolute Gasteiger partial charge is 0.489 e. The Kier molecular flexibility index (Phi) is 9.92. The second kappa shape index (κ2) is 14.7. The molecule has 4 fully saturated rings. The van der Waals surface area contributed by atoms with Gasteiger partial charge in [0, 0.05) is 74.3 Å². The number of primary amides is 1. The number of ether oxygens (including phenoxy) is 1. The molecule has 3 saturated heterocycles. The highest BCUT2D eigenvalue weighted by molar-refractivity contribution is 6.31. The van der Waals surface area contributed by atoms with Crippen LogP contribution in [-0.4, -0.2) is 118 Å². The number of imide groups is 2. The summed E-state index contributed by atoms with van der Waals surface area (Å²) in [6.07, 6.45) is 1.56.